The minimum atomic E-state index is -0.0620. The van der Waals surface area contributed by atoms with E-state index in [1.807, 2.05) is 63.2 Å². The van der Waals surface area contributed by atoms with Gasteiger partial charge in [-0.05, 0) is 121 Å². The second-order valence-electron chi connectivity index (χ2n) is 11.4. The van der Waals surface area contributed by atoms with Crippen LogP contribution in [-0.2, 0) is 17.1 Å². The van der Waals surface area contributed by atoms with Crippen LogP contribution in [0.5, 0.6) is 11.5 Å². The van der Waals surface area contributed by atoms with Gasteiger partial charge in [0.15, 0.2) is 5.75 Å². The van der Waals surface area contributed by atoms with E-state index in [1.54, 1.807) is 18.3 Å². The van der Waals surface area contributed by atoms with Gasteiger partial charge in [0, 0.05) is 17.7 Å². The molecule has 0 fully saturated rings. The number of hydrogen-bond acceptors (Lipinski definition) is 7. The Kier molecular flexibility index (Phi) is 10.7. The number of fused-ring (bicyclic) bond motifs is 2. The fourth-order valence-corrected chi connectivity index (χ4v) is 5.43. The van der Waals surface area contributed by atoms with Crippen LogP contribution in [0.15, 0.2) is 116 Å². The zero-order valence-corrected chi connectivity index (χ0v) is 28.1. The first kappa shape index (κ1) is 34.7. The maximum atomic E-state index is 10.8. The van der Waals surface area contributed by atoms with Crippen molar-refractivity contribution in [2.75, 3.05) is 0 Å². The normalized spacial score (nSPS) is 11.5. The third kappa shape index (κ3) is 7.46. The summed E-state index contributed by atoms with van der Waals surface area (Å²) in [5.74, 6) is 0.00382. The molecule has 0 heterocycles. The van der Waals surface area contributed by atoms with Crippen LogP contribution in [0.25, 0.3) is 21.5 Å². The zero-order valence-electron chi connectivity index (χ0n) is 27.2. The number of nitrogens with zero attached hydrogens (tertiary/aromatic N) is 5. The van der Waals surface area contributed by atoms with Crippen molar-refractivity contribution >= 4 is 56.2 Å². The Hall–Kier alpha value is -5.17. The Balaban J connectivity index is 0.00000250. The summed E-state index contributed by atoms with van der Waals surface area (Å²) in [6.45, 7) is 10.1. The molecule has 0 radical (unpaired) electrons. The van der Waals surface area contributed by atoms with Crippen LogP contribution < -0.4 is 0 Å². The number of azo groups is 2. The van der Waals surface area contributed by atoms with Crippen molar-refractivity contribution in [1.29, 1.82) is 0 Å². The molecule has 7 nitrogen and oxygen atoms in total. The number of hydrogen-bond donors (Lipinski definition) is 2. The third-order valence-corrected chi connectivity index (χ3v) is 7.91. The van der Waals surface area contributed by atoms with Crippen LogP contribution in [-0.4, -0.2) is 16.4 Å². The number of phenolic OH excluding ortho intramolecular Hbond substituents is 2. The molecule has 0 unspecified atom stereocenters. The number of benzene rings is 6. The average molecular weight is 670 g/mol. The SMILES string of the molecule is Cc1ccc2c(O)c(N=Nc3ccc(N=Cc4ccc(N=Nc5cc(C)c6cccc(C)c6c5)c(C)c4)cc3O)c(C)cc2c1.[CH3-].[Cu+]. The third-order valence-electron chi connectivity index (χ3n) is 7.91. The summed E-state index contributed by atoms with van der Waals surface area (Å²) in [6.07, 6.45) is 1.73. The second kappa shape index (κ2) is 14.5. The fraction of sp³-hybridized carbons (Fsp3) is 0.128. The summed E-state index contributed by atoms with van der Waals surface area (Å²) in [7, 11) is 0. The van der Waals surface area contributed by atoms with Crippen LogP contribution in [0.2, 0.25) is 0 Å². The smallest absolute Gasteiger partial charge is 0.506 e. The number of rotatable bonds is 6. The number of aromatic hydroxyl groups is 2. The molecular weight excluding hydrogens is 634 g/mol. The van der Waals surface area contributed by atoms with Crippen LogP contribution in [0, 0.1) is 42.0 Å². The van der Waals surface area contributed by atoms with Gasteiger partial charge in [0.1, 0.15) is 17.1 Å². The first-order chi connectivity index (χ1) is 21.7. The van der Waals surface area contributed by atoms with Crippen molar-refractivity contribution in [3.8, 4) is 11.5 Å². The zero-order chi connectivity index (χ0) is 31.7. The van der Waals surface area contributed by atoms with E-state index in [1.165, 1.54) is 28.0 Å². The summed E-state index contributed by atoms with van der Waals surface area (Å²) < 4.78 is 0. The van der Waals surface area contributed by atoms with E-state index >= 15 is 0 Å². The van der Waals surface area contributed by atoms with E-state index in [2.05, 4.69) is 69.6 Å². The molecule has 240 valence electrons. The van der Waals surface area contributed by atoms with E-state index < -0.39 is 0 Å². The van der Waals surface area contributed by atoms with Gasteiger partial charge < -0.3 is 17.6 Å². The molecule has 6 rings (SSSR count). The van der Waals surface area contributed by atoms with Crippen molar-refractivity contribution < 1.29 is 27.3 Å². The van der Waals surface area contributed by atoms with Crippen LogP contribution in [0.3, 0.4) is 0 Å². The Morgan fingerprint density at radius 1 is 0.553 bits per heavy atom. The predicted octanol–water partition coefficient (Wildman–Crippen LogP) is 12.0. The minimum Gasteiger partial charge on any atom is -0.506 e. The summed E-state index contributed by atoms with van der Waals surface area (Å²) in [5, 5.41) is 43.0. The van der Waals surface area contributed by atoms with E-state index in [-0.39, 0.29) is 41.7 Å². The van der Waals surface area contributed by atoms with Gasteiger partial charge in [-0.25, -0.2) is 0 Å². The molecule has 2 N–H and O–H groups in total. The van der Waals surface area contributed by atoms with Crippen LogP contribution in [0.4, 0.5) is 28.4 Å². The van der Waals surface area contributed by atoms with Crippen molar-refractivity contribution in [2.45, 2.75) is 34.6 Å². The van der Waals surface area contributed by atoms with Gasteiger partial charge in [0.25, 0.3) is 0 Å². The summed E-state index contributed by atoms with van der Waals surface area (Å²) in [6, 6.07) is 29.0. The molecular formula is C39H36CuN5O2. The Bertz CT molecular complexity index is 2210. The molecule has 8 heteroatoms. The molecule has 6 aromatic rings. The van der Waals surface area contributed by atoms with Crippen molar-refractivity contribution in [2.24, 2.45) is 25.4 Å². The average Bonchev–Trinajstić information content (AvgIpc) is 3.00. The van der Waals surface area contributed by atoms with Crippen molar-refractivity contribution in [1.82, 2.24) is 0 Å². The summed E-state index contributed by atoms with van der Waals surface area (Å²) in [5.41, 5.74) is 8.96. The van der Waals surface area contributed by atoms with E-state index in [0.717, 1.165) is 39.0 Å². The van der Waals surface area contributed by atoms with Gasteiger partial charge in [-0.3, -0.25) is 4.99 Å². The Labute approximate surface area is 285 Å². The summed E-state index contributed by atoms with van der Waals surface area (Å²) in [4.78, 5) is 4.53. The molecule has 0 atom stereocenters. The first-order valence-corrected chi connectivity index (χ1v) is 14.7. The maximum absolute atomic E-state index is 10.8. The largest absolute Gasteiger partial charge is 1.00 e. The fourth-order valence-electron chi connectivity index (χ4n) is 5.43. The number of aliphatic imine (C=N–C) groups is 1. The predicted molar refractivity (Wildman–Crippen MR) is 190 cm³/mol. The molecule has 0 aliphatic carbocycles. The Morgan fingerprint density at radius 2 is 1.32 bits per heavy atom. The topological polar surface area (TPSA) is 102 Å². The first-order valence-electron chi connectivity index (χ1n) is 14.7. The number of phenols is 2. The quantitative estimate of drug-likeness (QED) is 0.0797. The molecule has 0 spiro atoms. The molecule has 0 saturated heterocycles. The molecule has 6 aromatic carbocycles. The maximum Gasteiger partial charge on any atom is 1.00 e. The molecule has 47 heavy (non-hydrogen) atoms. The number of aryl methyl sites for hydroxylation is 5. The minimum absolute atomic E-state index is 0. The standard InChI is InChI=1S/C38H33N5O2.CH3.Cu/c1-22-9-12-32-28(15-22)17-26(5)37(38(32)45)43-42-35-14-11-29(20-36(35)44)39-21-27-10-13-34(25(4)16-27)41-40-30-18-24(3)31-8-6-7-23(2)33(31)19-30;;/h6-21,44-45H,1-5H3;1H3;/q;-1;+1. The van der Waals surface area contributed by atoms with E-state index in [4.69, 9.17) is 0 Å². The monoisotopic (exact) mass is 669 g/mol. The molecule has 0 aliphatic heterocycles. The van der Waals surface area contributed by atoms with Gasteiger partial charge in [-0.2, -0.15) is 10.2 Å². The van der Waals surface area contributed by atoms with Crippen LogP contribution >= 0.6 is 0 Å². The van der Waals surface area contributed by atoms with Gasteiger partial charge in [0.05, 0.1) is 17.1 Å². The summed E-state index contributed by atoms with van der Waals surface area (Å²) >= 11 is 0. The van der Waals surface area contributed by atoms with Crippen molar-refractivity contribution in [3.63, 3.8) is 0 Å². The molecule has 0 amide bonds. The van der Waals surface area contributed by atoms with Crippen molar-refractivity contribution in [3.05, 3.63) is 132 Å². The van der Waals surface area contributed by atoms with Gasteiger partial charge >= 0.3 is 17.1 Å². The molecule has 0 aliphatic rings. The molecule has 0 bridgehead atoms. The van der Waals surface area contributed by atoms with Gasteiger partial charge in [-0.1, -0.05) is 48.0 Å². The molecule has 0 aromatic heterocycles. The second-order valence-corrected chi connectivity index (χ2v) is 11.4. The van der Waals surface area contributed by atoms with E-state index in [0.29, 0.717) is 16.8 Å². The van der Waals surface area contributed by atoms with Crippen LogP contribution in [0.1, 0.15) is 33.4 Å². The van der Waals surface area contributed by atoms with Gasteiger partial charge in [-0.15, -0.1) is 10.2 Å². The molecule has 0 saturated carbocycles. The Morgan fingerprint density at radius 3 is 2.09 bits per heavy atom. The van der Waals surface area contributed by atoms with Gasteiger partial charge in [0.2, 0.25) is 0 Å². The van der Waals surface area contributed by atoms with E-state index in [9.17, 15) is 10.2 Å².